The number of amides is 2. The lowest BCUT2D eigenvalue weighted by atomic mass is 10.2. The molecule has 0 spiro atoms. The number of nitrogens with two attached hydrogens (primary N) is 2. The van der Waals surface area contributed by atoms with Crippen LogP contribution in [0.15, 0.2) is 0 Å². The highest BCUT2D eigenvalue weighted by Crippen LogP contribution is 1.99. The fourth-order valence-corrected chi connectivity index (χ4v) is 1.30. The summed E-state index contributed by atoms with van der Waals surface area (Å²) < 4.78 is 4.47. The van der Waals surface area contributed by atoms with Crippen LogP contribution < -0.4 is 11.5 Å². The van der Waals surface area contributed by atoms with Crippen molar-refractivity contribution in [2.75, 3.05) is 20.2 Å². The Balaban J connectivity index is 4.52. The minimum atomic E-state index is -1.01. The van der Waals surface area contributed by atoms with Crippen molar-refractivity contribution in [3.63, 3.8) is 0 Å². The summed E-state index contributed by atoms with van der Waals surface area (Å²) in [7, 11) is 1.24. The van der Waals surface area contributed by atoms with E-state index in [1.54, 1.807) is 0 Å². The van der Waals surface area contributed by atoms with Crippen molar-refractivity contribution in [3.05, 3.63) is 0 Å². The maximum atomic E-state index is 11.8. The third-order valence-electron chi connectivity index (χ3n) is 2.09. The average Bonchev–Trinajstić information content (AvgIpc) is 2.26. The fourth-order valence-electron chi connectivity index (χ4n) is 1.30. The number of nitrogens with zero attached hydrogens (tertiary/aromatic N) is 1. The Bertz CT molecular complexity index is 293. The lowest BCUT2D eigenvalue weighted by Gasteiger charge is -2.23. The molecule has 17 heavy (non-hydrogen) atoms. The van der Waals surface area contributed by atoms with Crippen molar-refractivity contribution >= 4 is 17.8 Å². The van der Waals surface area contributed by atoms with E-state index in [4.69, 9.17) is 11.5 Å². The van der Waals surface area contributed by atoms with Gasteiger partial charge >= 0.3 is 5.97 Å². The van der Waals surface area contributed by atoms with Gasteiger partial charge in [-0.2, -0.15) is 0 Å². The van der Waals surface area contributed by atoms with Gasteiger partial charge in [-0.05, 0) is 6.42 Å². The number of ether oxygens (including phenoxy) is 1. The number of methoxy groups -OCH3 is 1. The van der Waals surface area contributed by atoms with E-state index >= 15 is 0 Å². The monoisotopic (exact) mass is 245 g/mol. The molecule has 7 heteroatoms. The number of carbonyl (C=O) groups excluding carboxylic acids is 3. The van der Waals surface area contributed by atoms with Gasteiger partial charge in [0.2, 0.25) is 11.8 Å². The molecular formula is C10H19N3O4. The summed E-state index contributed by atoms with van der Waals surface area (Å²) in [5.74, 6) is -1.66. The standard InChI is InChI=1S/C10H19N3O4/c1-3-4-13(6-9(15)17-2)10(16)7(11)5-8(12)14/h7H,3-6,11H2,1-2H3,(H2,12,14). The smallest absolute Gasteiger partial charge is 0.325 e. The lowest BCUT2D eigenvalue weighted by molar-refractivity contribution is -0.147. The van der Waals surface area contributed by atoms with Crippen LogP contribution in [-0.2, 0) is 19.1 Å². The van der Waals surface area contributed by atoms with E-state index in [0.717, 1.165) is 0 Å². The maximum absolute atomic E-state index is 11.8. The van der Waals surface area contributed by atoms with Gasteiger partial charge in [0.15, 0.2) is 0 Å². The molecule has 0 aliphatic rings. The Labute approximate surface area is 100 Å². The van der Waals surface area contributed by atoms with Crippen LogP contribution >= 0.6 is 0 Å². The van der Waals surface area contributed by atoms with Gasteiger partial charge in [0.25, 0.3) is 0 Å². The van der Waals surface area contributed by atoms with Gasteiger partial charge in [-0.25, -0.2) is 0 Å². The van der Waals surface area contributed by atoms with Gasteiger partial charge in [-0.1, -0.05) is 6.92 Å². The normalized spacial score (nSPS) is 11.7. The van der Waals surface area contributed by atoms with Crippen molar-refractivity contribution < 1.29 is 19.1 Å². The van der Waals surface area contributed by atoms with Crippen LogP contribution in [0.1, 0.15) is 19.8 Å². The summed E-state index contributed by atoms with van der Waals surface area (Å²) in [6, 6.07) is -1.01. The van der Waals surface area contributed by atoms with Crippen LogP contribution in [0.5, 0.6) is 0 Å². The van der Waals surface area contributed by atoms with Gasteiger partial charge in [0, 0.05) is 6.54 Å². The highest BCUT2D eigenvalue weighted by molar-refractivity contribution is 5.89. The predicted octanol–water partition coefficient (Wildman–Crippen LogP) is -1.40. The summed E-state index contributed by atoms with van der Waals surface area (Å²) in [5.41, 5.74) is 10.5. The second-order valence-electron chi connectivity index (χ2n) is 3.61. The largest absolute Gasteiger partial charge is 0.468 e. The number of carbonyl (C=O) groups is 3. The average molecular weight is 245 g/mol. The van der Waals surface area contributed by atoms with Gasteiger partial charge in [-0.3, -0.25) is 14.4 Å². The first kappa shape index (κ1) is 15.4. The first-order valence-electron chi connectivity index (χ1n) is 5.31. The molecule has 1 atom stereocenters. The van der Waals surface area contributed by atoms with Crippen LogP contribution in [0.2, 0.25) is 0 Å². The molecule has 7 nitrogen and oxygen atoms in total. The van der Waals surface area contributed by atoms with E-state index in [0.29, 0.717) is 13.0 Å². The summed E-state index contributed by atoms with van der Waals surface area (Å²) in [6.45, 7) is 2.06. The summed E-state index contributed by atoms with van der Waals surface area (Å²) >= 11 is 0. The molecule has 0 fully saturated rings. The van der Waals surface area contributed by atoms with Gasteiger partial charge < -0.3 is 21.1 Å². The Morgan fingerprint density at radius 2 is 1.94 bits per heavy atom. The van der Waals surface area contributed by atoms with Crippen LogP contribution in [0.25, 0.3) is 0 Å². The first-order valence-corrected chi connectivity index (χ1v) is 5.31. The number of hydrogen-bond donors (Lipinski definition) is 2. The van der Waals surface area contributed by atoms with Crippen molar-refractivity contribution in [2.24, 2.45) is 11.5 Å². The molecule has 0 rings (SSSR count). The minimum absolute atomic E-state index is 0.171. The molecule has 2 amide bonds. The van der Waals surface area contributed by atoms with E-state index < -0.39 is 23.8 Å². The number of esters is 1. The van der Waals surface area contributed by atoms with Crippen molar-refractivity contribution in [1.82, 2.24) is 4.90 Å². The van der Waals surface area contributed by atoms with Gasteiger partial charge in [0.05, 0.1) is 19.6 Å². The van der Waals surface area contributed by atoms with Crippen molar-refractivity contribution in [1.29, 1.82) is 0 Å². The maximum Gasteiger partial charge on any atom is 0.325 e. The zero-order chi connectivity index (χ0) is 13.4. The molecule has 0 aromatic heterocycles. The van der Waals surface area contributed by atoms with E-state index in [1.807, 2.05) is 6.92 Å². The number of hydrogen-bond acceptors (Lipinski definition) is 5. The number of rotatable bonds is 7. The zero-order valence-electron chi connectivity index (χ0n) is 10.1. The molecule has 0 saturated heterocycles. The molecule has 0 radical (unpaired) electrons. The molecule has 4 N–H and O–H groups in total. The van der Waals surface area contributed by atoms with E-state index in [9.17, 15) is 14.4 Å². The minimum Gasteiger partial charge on any atom is -0.468 e. The summed E-state index contributed by atoms with van der Waals surface area (Å²) in [4.78, 5) is 34.8. The SMILES string of the molecule is CCCN(CC(=O)OC)C(=O)C(N)CC(N)=O. The molecule has 0 aromatic rings. The molecule has 0 bridgehead atoms. The molecule has 0 saturated carbocycles. The van der Waals surface area contributed by atoms with Crippen molar-refractivity contribution in [2.45, 2.75) is 25.8 Å². The van der Waals surface area contributed by atoms with Crippen LogP contribution in [0, 0.1) is 0 Å². The topological polar surface area (TPSA) is 116 Å². The zero-order valence-corrected chi connectivity index (χ0v) is 10.1. The molecule has 98 valence electrons. The van der Waals surface area contributed by atoms with E-state index in [1.165, 1.54) is 12.0 Å². The highest BCUT2D eigenvalue weighted by atomic mass is 16.5. The third-order valence-corrected chi connectivity index (χ3v) is 2.09. The van der Waals surface area contributed by atoms with Gasteiger partial charge in [-0.15, -0.1) is 0 Å². The molecular weight excluding hydrogens is 226 g/mol. The van der Waals surface area contributed by atoms with Crippen molar-refractivity contribution in [3.8, 4) is 0 Å². The molecule has 0 heterocycles. The molecule has 1 unspecified atom stereocenters. The van der Waals surface area contributed by atoms with Crippen LogP contribution in [0.4, 0.5) is 0 Å². The predicted molar refractivity (Wildman–Crippen MR) is 60.7 cm³/mol. The van der Waals surface area contributed by atoms with Crippen LogP contribution in [0.3, 0.4) is 0 Å². The second-order valence-corrected chi connectivity index (χ2v) is 3.61. The molecule has 0 aliphatic heterocycles. The summed E-state index contributed by atoms with van der Waals surface area (Å²) in [5, 5.41) is 0. The summed E-state index contributed by atoms with van der Waals surface area (Å²) in [6.07, 6.45) is 0.437. The quantitative estimate of drug-likeness (QED) is 0.535. The molecule has 0 aliphatic carbocycles. The Morgan fingerprint density at radius 3 is 2.35 bits per heavy atom. The lowest BCUT2D eigenvalue weighted by Crippen LogP contribution is -2.47. The Kier molecular flexibility index (Phi) is 6.88. The number of primary amides is 1. The Morgan fingerprint density at radius 1 is 1.35 bits per heavy atom. The second kappa shape index (κ2) is 7.61. The van der Waals surface area contributed by atoms with E-state index in [2.05, 4.69) is 4.74 Å². The van der Waals surface area contributed by atoms with Crippen LogP contribution in [-0.4, -0.2) is 48.9 Å². The first-order chi connectivity index (χ1) is 7.92. The van der Waals surface area contributed by atoms with E-state index in [-0.39, 0.29) is 13.0 Å². The third kappa shape index (κ3) is 5.86. The molecule has 0 aromatic carbocycles. The Hall–Kier alpha value is -1.63. The fraction of sp³-hybridized carbons (Fsp3) is 0.700. The highest BCUT2D eigenvalue weighted by Gasteiger charge is 2.23. The van der Waals surface area contributed by atoms with Gasteiger partial charge in [0.1, 0.15) is 6.54 Å².